The summed E-state index contributed by atoms with van der Waals surface area (Å²) in [6.45, 7) is 21.8. The topological polar surface area (TPSA) is 44.8 Å². The van der Waals surface area contributed by atoms with Crippen molar-refractivity contribution in [1.29, 1.82) is 0 Å². The Bertz CT molecular complexity index is 652. The van der Waals surface area contributed by atoms with Crippen LogP contribution in [0.4, 0.5) is 0 Å². The zero-order valence-corrected chi connectivity index (χ0v) is 22.3. The van der Waals surface area contributed by atoms with Crippen LogP contribution in [0.2, 0.25) is 36.3 Å². The monoisotopic (exact) mass is 474 g/mol. The van der Waals surface area contributed by atoms with Gasteiger partial charge in [0.25, 0.3) is 16.6 Å². The first-order valence-electron chi connectivity index (χ1n) is 9.23. The molecule has 0 aliphatic heterocycles. The van der Waals surface area contributed by atoms with Gasteiger partial charge >= 0.3 is 5.97 Å². The Morgan fingerprint density at radius 1 is 0.852 bits per heavy atom. The second-order valence-corrected chi connectivity index (χ2v) is 20.2. The maximum absolute atomic E-state index is 12.2. The molecule has 1 aromatic rings. The maximum atomic E-state index is 12.2. The summed E-state index contributed by atoms with van der Waals surface area (Å²) in [6.07, 6.45) is 0. The van der Waals surface area contributed by atoms with Crippen LogP contribution in [0.5, 0.6) is 11.5 Å². The fourth-order valence-corrected chi connectivity index (χ4v) is 4.54. The molecule has 0 aliphatic carbocycles. The minimum atomic E-state index is -2.09. The van der Waals surface area contributed by atoms with E-state index in [0.717, 1.165) is 4.47 Å². The van der Waals surface area contributed by atoms with Crippen molar-refractivity contribution < 1.29 is 18.4 Å². The summed E-state index contributed by atoms with van der Waals surface area (Å²) in [7, 11) is -2.80. The van der Waals surface area contributed by atoms with Crippen molar-refractivity contribution in [3.8, 4) is 11.5 Å². The quantitative estimate of drug-likeness (QED) is 0.340. The molecule has 0 aliphatic rings. The summed E-state index contributed by atoms with van der Waals surface area (Å²) in [5, 5.41) is 0.0717. The Morgan fingerprint density at radius 3 is 1.44 bits per heavy atom. The number of methoxy groups -OCH3 is 1. The van der Waals surface area contributed by atoms with Crippen molar-refractivity contribution in [3.05, 3.63) is 22.2 Å². The van der Waals surface area contributed by atoms with Crippen molar-refractivity contribution in [1.82, 2.24) is 0 Å². The molecule has 27 heavy (non-hydrogen) atoms. The molecule has 0 bridgehead atoms. The molecule has 7 heteroatoms. The lowest BCUT2D eigenvalue weighted by atomic mass is 10.2. The van der Waals surface area contributed by atoms with E-state index in [1.165, 1.54) is 7.11 Å². The summed E-state index contributed by atoms with van der Waals surface area (Å²) < 4.78 is 18.7. The van der Waals surface area contributed by atoms with E-state index in [9.17, 15) is 4.79 Å². The third-order valence-corrected chi connectivity index (χ3v) is 15.2. The van der Waals surface area contributed by atoms with Crippen LogP contribution in [0.1, 0.15) is 51.9 Å². The number of esters is 1. The van der Waals surface area contributed by atoms with Crippen LogP contribution < -0.4 is 8.85 Å². The van der Waals surface area contributed by atoms with Gasteiger partial charge in [-0.15, -0.1) is 0 Å². The number of hydrogen-bond acceptors (Lipinski definition) is 4. The van der Waals surface area contributed by atoms with Crippen LogP contribution >= 0.6 is 15.9 Å². The van der Waals surface area contributed by atoms with Crippen molar-refractivity contribution >= 4 is 38.5 Å². The van der Waals surface area contributed by atoms with Crippen molar-refractivity contribution in [3.63, 3.8) is 0 Å². The standard InChI is InChI=1S/C20H35BrO4Si2/c1-19(2,3)26(8,9)24-15-12-14(18(22)23-7)13-16(17(15)21)25-27(10,11)20(4,5)6/h12-13H,1-11H3. The van der Waals surface area contributed by atoms with Gasteiger partial charge in [0, 0.05) is 0 Å². The third kappa shape index (κ3) is 5.61. The third-order valence-electron chi connectivity index (χ3n) is 5.77. The van der Waals surface area contributed by atoms with Gasteiger partial charge in [0.2, 0.25) is 0 Å². The highest BCUT2D eigenvalue weighted by atomic mass is 79.9. The number of ether oxygens (including phenoxy) is 1. The van der Waals surface area contributed by atoms with Crippen molar-refractivity contribution in [2.24, 2.45) is 0 Å². The van der Waals surface area contributed by atoms with E-state index >= 15 is 0 Å². The minimum absolute atomic E-state index is 0.0359. The van der Waals surface area contributed by atoms with E-state index in [4.69, 9.17) is 13.6 Å². The number of hydrogen-bond donors (Lipinski definition) is 0. The molecule has 0 atom stereocenters. The Hall–Kier alpha value is -0.796. The molecule has 0 heterocycles. The van der Waals surface area contributed by atoms with Gasteiger partial charge in [-0.2, -0.15) is 0 Å². The number of benzene rings is 1. The van der Waals surface area contributed by atoms with E-state index in [-0.39, 0.29) is 10.1 Å². The first kappa shape index (κ1) is 24.2. The Labute approximate surface area is 175 Å². The molecule has 0 saturated carbocycles. The molecule has 0 saturated heterocycles. The molecule has 4 nitrogen and oxygen atoms in total. The molecule has 0 amide bonds. The van der Waals surface area contributed by atoms with E-state index in [1.807, 2.05) is 0 Å². The molecule has 0 radical (unpaired) electrons. The SMILES string of the molecule is COC(=O)c1cc(O[Si](C)(C)C(C)(C)C)c(Br)c(O[Si](C)(C)C(C)(C)C)c1. The molecule has 1 aromatic carbocycles. The molecule has 154 valence electrons. The second-order valence-electron chi connectivity index (χ2n) is 10.0. The lowest BCUT2D eigenvalue weighted by Crippen LogP contribution is -2.44. The molecule has 0 spiro atoms. The summed E-state index contributed by atoms with van der Waals surface area (Å²) in [5.74, 6) is 0.874. The molecule has 0 unspecified atom stereocenters. The number of carbonyl (C=O) groups is 1. The first-order valence-corrected chi connectivity index (χ1v) is 15.8. The zero-order chi connectivity index (χ0) is 21.4. The predicted molar refractivity (Wildman–Crippen MR) is 121 cm³/mol. The molecule has 1 rings (SSSR count). The fourth-order valence-electron chi connectivity index (χ4n) is 1.81. The molecule has 0 fully saturated rings. The molecular formula is C20H35BrO4Si2. The minimum Gasteiger partial charge on any atom is -0.543 e. The van der Waals surface area contributed by atoms with E-state index in [0.29, 0.717) is 17.1 Å². The second kappa shape index (κ2) is 7.91. The summed E-state index contributed by atoms with van der Waals surface area (Å²) >= 11 is 3.67. The lowest BCUT2D eigenvalue weighted by molar-refractivity contribution is 0.0600. The first-order chi connectivity index (χ1) is 11.9. The fraction of sp³-hybridized carbons (Fsp3) is 0.650. The van der Waals surface area contributed by atoms with Gasteiger partial charge in [-0.25, -0.2) is 4.79 Å². The predicted octanol–water partition coefficient (Wildman–Crippen LogP) is 7.00. The van der Waals surface area contributed by atoms with Gasteiger partial charge in [0.15, 0.2) is 0 Å². The molecule has 0 N–H and O–H groups in total. The van der Waals surface area contributed by atoms with E-state index in [2.05, 4.69) is 83.7 Å². The number of rotatable bonds is 5. The lowest BCUT2D eigenvalue weighted by Gasteiger charge is -2.38. The van der Waals surface area contributed by atoms with E-state index in [1.54, 1.807) is 12.1 Å². The smallest absolute Gasteiger partial charge is 0.338 e. The Kier molecular flexibility index (Phi) is 7.10. The van der Waals surface area contributed by atoms with E-state index < -0.39 is 22.6 Å². The maximum Gasteiger partial charge on any atom is 0.338 e. The number of halogens is 1. The largest absolute Gasteiger partial charge is 0.543 e. The molecule has 0 aromatic heterocycles. The summed E-state index contributed by atoms with van der Waals surface area (Å²) in [5.41, 5.74) is 0.433. The molecular weight excluding hydrogens is 440 g/mol. The van der Waals surface area contributed by atoms with Crippen LogP contribution in [0.3, 0.4) is 0 Å². The highest BCUT2D eigenvalue weighted by Crippen LogP contribution is 2.45. The Balaban J connectivity index is 3.51. The highest BCUT2D eigenvalue weighted by Gasteiger charge is 2.41. The van der Waals surface area contributed by atoms with Gasteiger partial charge < -0.3 is 13.6 Å². The Morgan fingerprint density at radius 2 is 1.19 bits per heavy atom. The van der Waals surface area contributed by atoms with Gasteiger partial charge in [-0.1, -0.05) is 41.5 Å². The van der Waals surface area contributed by atoms with Crippen LogP contribution in [-0.4, -0.2) is 29.7 Å². The average Bonchev–Trinajstić information content (AvgIpc) is 2.47. The van der Waals surface area contributed by atoms with Gasteiger partial charge in [-0.05, 0) is 64.3 Å². The van der Waals surface area contributed by atoms with Crippen molar-refractivity contribution in [2.45, 2.75) is 77.8 Å². The van der Waals surface area contributed by atoms with Crippen molar-refractivity contribution in [2.75, 3.05) is 7.11 Å². The van der Waals surface area contributed by atoms with Crippen LogP contribution in [0, 0.1) is 0 Å². The average molecular weight is 476 g/mol. The van der Waals surface area contributed by atoms with Gasteiger partial charge in [0.1, 0.15) is 11.5 Å². The van der Waals surface area contributed by atoms with Crippen LogP contribution in [0.15, 0.2) is 16.6 Å². The number of carbonyl (C=O) groups excluding carboxylic acids is 1. The summed E-state index contributed by atoms with van der Waals surface area (Å²) in [4.78, 5) is 12.2. The normalized spacial score (nSPS) is 13.3. The van der Waals surface area contributed by atoms with Gasteiger partial charge in [-0.3, -0.25) is 0 Å². The highest BCUT2D eigenvalue weighted by molar-refractivity contribution is 9.10. The van der Waals surface area contributed by atoms with Crippen LogP contribution in [-0.2, 0) is 4.74 Å². The summed E-state index contributed by atoms with van der Waals surface area (Å²) in [6, 6.07) is 3.49. The van der Waals surface area contributed by atoms with Crippen LogP contribution in [0.25, 0.3) is 0 Å². The van der Waals surface area contributed by atoms with Gasteiger partial charge in [0.05, 0.1) is 17.1 Å². The zero-order valence-electron chi connectivity index (χ0n) is 18.7.